The van der Waals surface area contributed by atoms with Crippen molar-refractivity contribution in [2.75, 3.05) is 5.32 Å². The fourth-order valence-electron chi connectivity index (χ4n) is 4.00. The zero-order valence-electron chi connectivity index (χ0n) is 17.4. The SMILES string of the molecule is Cc1[nH]c(C=C2C(=O)Nc3cc(-c4csc(-c5ccccc5)n4)ccc32)c(C)c1C(=O)O. The first kappa shape index (κ1) is 20.0. The number of aromatic nitrogens is 2. The number of nitrogens with zero attached hydrogens (tertiary/aromatic N) is 1. The Kier molecular flexibility index (Phi) is 4.75. The molecule has 1 aliphatic rings. The molecule has 2 aromatic heterocycles. The van der Waals surface area contributed by atoms with Gasteiger partial charge in [0.2, 0.25) is 0 Å². The first-order valence-corrected chi connectivity index (χ1v) is 10.9. The van der Waals surface area contributed by atoms with Crippen LogP contribution in [0.25, 0.3) is 33.5 Å². The minimum atomic E-state index is -0.986. The van der Waals surface area contributed by atoms with E-state index in [1.54, 1.807) is 31.3 Å². The Hall–Kier alpha value is -3.97. The van der Waals surface area contributed by atoms with Crippen LogP contribution < -0.4 is 5.32 Å². The lowest BCUT2D eigenvalue weighted by molar-refractivity contribution is -0.110. The lowest BCUT2D eigenvalue weighted by atomic mass is 10.0. The molecule has 32 heavy (non-hydrogen) atoms. The van der Waals surface area contributed by atoms with E-state index in [1.165, 1.54) is 0 Å². The third-order valence-electron chi connectivity index (χ3n) is 5.60. The van der Waals surface area contributed by atoms with Crippen LogP contribution in [0.3, 0.4) is 0 Å². The minimum Gasteiger partial charge on any atom is -0.478 e. The van der Waals surface area contributed by atoms with Gasteiger partial charge >= 0.3 is 5.97 Å². The van der Waals surface area contributed by atoms with Crippen molar-refractivity contribution in [3.05, 3.63) is 82.0 Å². The van der Waals surface area contributed by atoms with Crippen molar-refractivity contribution in [1.82, 2.24) is 9.97 Å². The molecule has 3 N–H and O–H groups in total. The summed E-state index contributed by atoms with van der Waals surface area (Å²) in [6.45, 7) is 3.45. The zero-order valence-corrected chi connectivity index (χ0v) is 18.2. The summed E-state index contributed by atoms with van der Waals surface area (Å²) in [4.78, 5) is 32.0. The van der Waals surface area contributed by atoms with E-state index in [-0.39, 0.29) is 11.5 Å². The summed E-state index contributed by atoms with van der Waals surface area (Å²) in [5, 5.41) is 15.3. The third kappa shape index (κ3) is 3.33. The number of amides is 1. The summed E-state index contributed by atoms with van der Waals surface area (Å²) in [5.74, 6) is -1.20. The van der Waals surface area contributed by atoms with Crippen molar-refractivity contribution in [2.24, 2.45) is 0 Å². The van der Waals surface area contributed by atoms with Gasteiger partial charge in [0.15, 0.2) is 0 Å². The highest BCUT2D eigenvalue weighted by Gasteiger charge is 2.26. The monoisotopic (exact) mass is 441 g/mol. The fourth-order valence-corrected chi connectivity index (χ4v) is 4.84. The van der Waals surface area contributed by atoms with Crippen molar-refractivity contribution in [1.29, 1.82) is 0 Å². The first-order valence-electron chi connectivity index (χ1n) is 10.0. The number of hydrogen-bond acceptors (Lipinski definition) is 4. The maximum atomic E-state index is 12.7. The number of aromatic carboxylic acids is 1. The molecule has 7 heteroatoms. The smallest absolute Gasteiger partial charge is 0.337 e. The molecule has 4 aromatic rings. The number of carboxylic acids is 1. The van der Waals surface area contributed by atoms with E-state index in [4.69, 9.17) is 4.98 Å². The van der Waals surface area contributed by atoms with E-state index in [1.807, 2.05) is 53.9 Å². The molecule has 6 nitrogen and oxygen atoms in total. The summed E-state index contributed by atoms with van der Waals surface area (Å²) in [7, 11) is 0. The van der Waals surface area contributed by atoms with Crippen LogP contribution in [0.4, 0.5) is 5.69 Å². The Morgan fingerprint density at radius 1 is 1.09 bits per heavy atom. The van der Waals surface area contributed by atoms with Crippen LogP contribution in [0.2, 0.25) is 0 Å². The Bertz CT molecular complexity index is 1410. The van der Waals surface area contributed by atoms with Crippen LogP contribution in [0.5, 0.6) is 0 Å². The molecular formula is C25H19N3O3S. The van der Waals surface area contributed by atoms with Crippen LogP contribution in [0.15, 0.2) is 53.9 Å². The molecule has 2 aromatic carbocycles. The lowest BCUT2D eigenvalue weighted by Crippen LogP contribution is -2.03. The lowest BCUT2D eigenvalue weighted by Gasteiger charge is -2.02. The number of hydrogen-bond donors (Lipinski definition) is 3. The van der Waals surface area contributed by atoms with Crippen LogP contribution in [0.1, 0.15) is 32.9 Å². The third-order valence-corrected chi connectivity index (χ3v) is 6.49. The molecule has 0 bridgehead atoms. The molecular weight excluding hydrogens is 422 g/mol. The van der Waals surface area contributed by atoms with E-state index in [2.05, 4.69) is 10.3 Å². The van der Waals surface area contributed by atoms with Crippen LogP contribution >= 0.6 is 11.3 Å². The highest BCUT2D eigenvalue weighted by Crippen LogP contribution is 2.37. The highest BCUT2D eigenvalue weighted by molar-refractivity contribution is 7.13. The standard InChI is InChI=1S/C25H19N3O3S/c1-13-19(26-14(2)22(13)25(30)31)11-18-17-9-8-16(10-20(17)27-23(18)29)21-12-32-24(28-21)15-6-4-3-5-7-15/h3-12,26H,1-2H3,(H,27,29)(H,30,31). The number of aryl methyl sites for hydroxylation is 1. The van der Waals surface area contributed by atoms with E-state index in [9.17, 15) is 14.7 Å². The Balaban J connectivity index is 1.50. The summed E-state index contributed by atoms with van der Waals surface area (Å²) in [6, 6.07) is 15.8. The zero-order chi connectivity index (χ0) is 22.4. The van der Waals surface area contributed by atoms with Gasteiger partial charge in [0.05, 0.1) is 16.8 Å². The average molecular weight is 442 g/mol. The van der Waals surface area contributed by atoms with E-state index >= 15 is 0 Å². The van der Waals surface area contributed by atoms with E-state index in [0.29, 0.717) is 28.2 Å². The van der Waals surface area contributed by atoms with Gasteiger partial charge in [-0.25, -0.2) is 9.78 Å². The molecule has 5 rings (SSSR count). The molecule has 0 fully saturated rings. The molecule has 3 heterocycles. The van der Waals surface area contributed by atoms with Crippen LogP contribution in [-0.4, -0.2) is 27.0 Å². The number of nitrogens with one attached hydrogen (secondary N) is 2. The summed E-state index contributed by atoms with van der Waals surface area (Å²) < 4.78 is 0. The quantitative estimate of drug-likeness (QED) is 0.359. The summed E-state index contributed by atoms with van der Waals surface area (Å²) >= 11 is 1.58. The van der Waals surface area contributed by atoms with Gasteiger partial charge in [0.25, 0.3) is 5.91 Å². The van der Waals surface area contributed by atoms with Crippen LogP contribution in [0, 0.1) is 13.8 Å². The predicted molar refractivity (Wildman–Crippen MR) is 127 cm³/mol. The summed E-state index contributed by atoms with van der Waals surface area (Å²) in [6.07, 6.45) is 1.71. The second-order valence-corrected chi connectivity index (χ2v) is 8.50. The topological polar surface area (TPSA) is 95.1 Å². The molecule has 1 amide bonds. The average Bonchev–Trinajstić information content (AvgIpc) is 3.45. The second-order valence-electron chi connectivity index (χ2n) is 7.65. The summed E-state index contributed by atoms with van der Waals surface area (Å²) in [5.41, 5.74) is 6.86. The van der Waals surface area contributed by atoms with Crippen molar-refractivity contribution in [3.8, 4) is 21.8 Å². The Morgan fingerprint density at radius 2 is 1.88 bits per heavy atom. The van der Waals surface area contributed by atoms with Gasteiger partial charge in [0.1, 0.15) is 5.01 Å². The van der Waals surface area contributed by atoms with E-state index < -0.39 is 5.97 Å². The van der Waals surface area contributed by atoms with Gasteiger partial charge in [-0.3, -0.25) is 4.79 Å². The number of aromatic amines is 1. The van der Waals surface area contributed by atoms with Crippen molar-refractivity contribution in [3.63, 3.8) is 0 Å². The molecule has 0 saturated heterocycles. The molecule has 0 saturated carbocycles. The number of carboxylic acid groups (broad SMARTS) is 1. The van der Waals surface area contributed by atoms with E-state index in [0.717, 1.165) is 27.4 Å². The van der Waals surface area contributed by atoms with Gasteiger partial charge in [-0.15, -0.1) is 11.3 Å². The molecule has 1 aliphatic heterocycles. The minimum absolute atomic E-state index is 0.219. The maximum absolute atomic E-state index is 12.7. The van der Waals surface area contributed by atoms with Crippen molar-refractivity contribution < 1.29 is 14.7 Å². The van der Waals surface area contributed by atoms with Gasteiger partial charge in [-0.2, -0.15) is 0 Å². The normalized spacial score (nSPS) is 13.9. The molecule has 0 atom stereocenters. The van der Waals surface area contributed by atoms with Crippen LogP contribution in [-0.2, 0) is 4.79 Å². The number of anilines is 1. The number of rotatable bonds is 4. The largest absolute Gasteiger partial charge is 0.478 e. The molecule has 0 aliphatic carbocycles. The first-order chi connectivity index (χ1) is 15.4. The molecule has 0 radical (unpaired) electrons. The Morgan fingerprint density at radius 3 is 2.59 bits per heavy atom. The maximum Gasteiger partial charge on any atom is 0.337 e. The van der Waals surface area contributed by atoms with Gasteiger partial charge in [-0.1, -0.05) is 42.5 Å². The second kappa shape index (κ2) is 7.62. The number of carbonyl (C=O) groups is 2. The number of carbonyl (C=O) groups excluding carboxylic acids is 1. The van der Waals surface area contributed by atoms with Crippen molar-refractivity contribution in [2.45, 2.75) is 13.8 Å². The van der Waals surface area contributed by atoms with Crippen molar-refractivity contribution >= 4 is 40.5 Å². The number of benzene rings is 2. The predicted octanol–water partition coefficient (Wildman–Crippen LogP) is 5.61. The molecule has 0 unspecified atom stereocenters. The highest BCUT2D eigenvalue weighted by atomic mass is 32.1. The number of H-pyrrole nitrogens is 1. The Labute approximate surface area is 188 Å². The molecule has 158 valence electrons. The van der Waals surface area contributed by atoms with Gasteiger partial charge in [0, 0.05) is 39.1 Å². The molecule has 0 spiro atoms. The van der Waals surface area contributed by atoms with Gasteiger partial charge in [-0.05, 0) is 31.6 Å². The van der Waals surface area contributed by atoms with Gasteiger partial charge < -0.3 is 15.4 Å². The number of fused-ring (bicyclic) bond motifs is 1. The number of thiazole rings is 1. The fraction of sp³-hybridized carbons (Fsp3) is 0.0800.